The van der Waals surface area contributed by atoms with Crippen molar-refractivity contribution in [1.29, 1.82) is 0 Å². The summed E-state index contributed by atoms with van der Waals surface area (Å²) in [5.74, 6) is -0.356. The Kier molecular flexibility index (Phi) is 10.3. The number of nitro groups is 1. The summed E-state index contributed by atoms with van der Waals surface area (Å²) >= 11 is 6.38. The van der Waals surface area contributed by atoms with E-state index in [4.69, 9.17) is 11.6 Å². The molecule has 2 aromatic carbocycles. The van der Waals surface area contributed by atoms with Crippen LogP contribution in [-0.4, -0.2) is 50.2 Å². The number of halogens is 1. The number of aromatic nitrogens is 1. The zero-order valence-electron chi connectivity index (χ0n) is 23.3. The third kappa shape index (κ3) is 7.69. The molecule has 1 atom stereocenters. The minimum Gasteiger partial charge on any atom is -0.345 e. The number of nitrogens with zero attached hydrogens (tertiary/aromatic N) is 4. The third-order valence-electron chi connectivity index (χ3n) is 6.86. The highest BCUT2D eigenvalue weighted by Crippen LogP contribution is 2.22. The van der Waals surface area contributed by atoms with Crippen molar-refractivity contribution in [3.63, 3.8) is 0 Å². The van der Waals surface area contributed by atoms with Crippen molar-refractivity contribution >= 4 is 29.1 Å². The molecule has 2 amide bonds. The number of nitro benzene ring substituents is 1. The standard InChI is InChI=1S/C30H37ClN4O4/c1-6-23(5)34(30(37)24-14-13-22(4)28(16-24)35(38)39)20-29(36)33(17-21(2)3)19-26-11-9-15-32(26)18-25-10-7-8-12-27(25)31/h7-16,21,23H,6,17-20H2,1-5H3. The second kappa shape index (κ2) is 13.4. The highest BCUT2D eigenvalue weighted by atomic mass is 35.5. The lowest BCUT2D eigenvalue weighted by atomic mass is 10.1. The zero-order chi connectivity index (χ0) is 28.7. The zero-order valence-corrected chi connectivity index (χ0v) is 24.0. The van der Waals surface area contributed by atoms with Crippen molar-refractivity contribution in [3.8, 4) is 0 Å². The number of carbonyl (C=O) groups excluding carboxylic acids is 2. The SMILES string of the molecule is CCC(C)N(CC(=O)N(Cc1cccn1Cc1ccccc1Cl)CC(C)C)C(=O)c1ccc(C)c([N+](=O)[O-])c1. The maximum atomic E-state index is 13.7. The highest BCUT2D eigenvalue weighted by Gasteiger charge is 2.28. The second-order valence-electron chi connectivity index (χ2n) is 10.3. The monoisotopic (exact) mass is 552 g/mol. The lowest BCUT2D eigenvalue weighted by Gasteiger charge is -2.32. The van der Waals surface area contributed by atoms with Crippen molar-refractivity contribution in [1.82, 2.24) is 14.4 Å². The quantitative estimate of drug-likeness (QED) is 0.194. The number of hydrogen-bond acceptors (Lipinski definition) is 4. The van der Waals surface area contributed by atoms with Gasteiger partial charge in [-0.15, -0.1) is 0 Å². The molecule has 0 N–H and O–H groups in total. The van der Waals surface area contributed by atoms with Gasteiger partial charge in [0.05, 0.1) is 11.5 Å². The molecule has 39 heavy (non-hydrogen) atoms. The summed E-state index contributed by atoms with van der Waals surface area (Å²) in [5.41, 5.74) is 2.51. The first kappa shape index (κ1) is 29.9. The molecule has 3 aromatic rings. The van der Waals surface area contributed by atoms with E-state index in [0.29, 0.717) is 36.6 Å². The van der Waals surface area contributed by atoms with E-state index in [1.165, 1.54) is 11.0 Å². The Hall–Kier alpha value is -3.65. The smallest absolute Gasteiger partial charge is 0.273 e. The van der Waals surface area contributed by atoms with Gasteiger partial charge < -0.3 is 14.4 Å². The molecule has 9 heteroatoms. The molecule has 0 aliphatic heterocycles. The molecule has 0 bridgehead atoms. The van der Waals surface area contributed by atoms with Crippen molar-refractivity contribution in [2.45, 2.75) is 60.2 Å². The number of amides is 2. The fourth-order valence-corrected chi connectivity index (χ4v) is 4.64. The summed E-state index contributed by atoms with van der Waals surface area (Å²) in [6.45, 7) is 10.9. The van der Waals surface area contributed by atoms with Gasteiger partial charge in [-0.25, -0.2) is 0 Å². The Balaban J connectivity index is 1.85. The number of hydrogen-bond donors (Lipinski definition) is 0. The van der Waals surface area contributed by atoms with Crippen LogP contribution in [0.25, 0.3) is 0 Å². The fraction of sp³-hybridized carbons (Fsp3) is 0.400. The van der Waals surface area contributed by atoms with Crippen molar-refractivity contribution in [3.05, 3.63) is 98.3 Å². The van der Waals surface area contributed by atoms with E-state index in [-0.39, 0.29) is 35.7 Å². The van der Waals surface area contributed by atoms with E-state index in [2.05, 4.69) is 4.57 Å². The van der Waals surface area contributed by atoms with Crippen LogP contribution in [0.1, 0.15) is 61.3 Å². The van der Waals surface area contributed by atoms with E-state index in [1.54, 1.807) is 24.0 Å². The Morgan fingerprint density at radius 1 is 1.08 bits per heavy atom. The van der Waals surface area contributed by atoms with Gasteiger partial charge in [-0.2, -0.15) is 0 Å². The molecule has 1 aromatic heterocycles. The summed E-state index contributed by atoms with van der Waals surface area (Å²) in [6.07, 6.45) is 2.60. The molecule has 3 rings (SSSR count). The van der Waals surface area contributed by atoms with Crippen molar-refractivity contribution < 1.29 is 14.5 Å². The highest BCUT2D eigenvalue weighted by molar-refractivity contribution is 6.31. The molecule has 0 spiro atoms. The average Bonchev–Trinajstić information content (AvgIpc) is 3.33. The van der Waals surface area contributed by atoms with Gasteiger partial charge in [-0.05, 0) is 56.0 Å². The molecule has 0 saturated heterocycles. The number of aryl methyl sites for hydroxylation is 1. The van der Waals surface area contributed by atoms with Gasteiger partial charge in [0.1, 0.15) is 6.54 Å². The maximum Gasteiger partial charge on any atom is 0.273 e. The fourth-order valence-electron chi connectivity index (χ4n) is 4.45. The predicted molar refractivity (Wildman–Crippen MR) is 154 cm³/mol. The van der Waals surface area contributed by atoms with E-state index in [1.807, 2.05) is 70.3 Å². The van der Waals surface area contributed by atoms with Crippen LogP contribution in [0.5, 0.6) is 0 Å². The lowest BCUT2D eigenvalue weighted by molar-refractivity contribution is -0.385. The molecular weight excluding hydrogens is 516 g/mol. The van der Waals surface area contributed by atoms with Gasteiger partial charge in [0, 0.05) is 53.2 Å². The van der Waals surface area contributed by atoms with E-state index in [9.17, 15) is 19.7 Å². The third-order valence-corrected chi connectivity index (χ3v) is 7.22. The van der Waals surface area contributed by atoms with Crippen molar-refractivity contribution in [2.75, 3.05) is 13.1 Å². The van der Waals surface area contributed by atoms with Crippen LogP contribution in [0.3, 0.4) is 0 Å². The molecule has 1 unspecified atom stereocenters. The van der Waals surface area contributed by atoms with Crippen LogP contribution in [-0.2, 0) is 17.9 Å². The van der Waals surface area contributed by atoms with Crippen LogP contribution in [0.2, 0.25) is 5.02 Å². The Morgan fingerprint density at radius 3 is 2.44 bits per heavy atom. The van der Waals surface area contributed by atoms with Gasteiger partial charge >= 0.3 is 0 Å². The lowest BCUT2D eigenvalue weighted by Crippen LogP contribution is -2.47. The first-order valence-electron chi connectivity index (χ1n) is 13.2. The normalized spacial score (nSPS) is 11.9. The van der Waals surface area contributed by atoms with Gasteiger partial charge in [0.15, 0.2) is 0 Å². The van der Waals surface area contributed by atoms with Crippen LogP contribution < -0.4 is 0 Å². The summed E-state index contributed by atoms with van der Waals surface area (Å²) in [4.78, 5) is 41.5. The molecule has 0 saturated carbocycles. The number of benzene rings is 2. The van der Waals surface area contributed by atoms with E-state index >= 15 is 0 Å². The summed E-state index contributed by atoms with van der Waals surface area (Å²) in [5, 5.41) is 12.1. The largest absolute Gasteiger partial charge is 0.345 e. The first-order chi connectivity index (χ1) is 18.5. The van der Waals surface area contributed by atoms with Crippen molar-refractivity contribution in [2.24, 2.45) is 5.92 Å². The minimum atomic E-state index is -0.493. The maximum absolute atomic E-state index is 13.7. The van der Waals surface area contributed by atoms with Crippen LogP contribution in [0, 0.1) is 23.0 Å². The summed E-state index contributed by atoms with van der Waals surface area (Å²) < 4.78 is 2.07. The Labute approximate surface area is 235 Å². The van der Waals surface area contributed by atoms with E-state index in [0.717, 1.165) is 11.3 Å². The molecule has 8 nitrogen and oxygen atoms in total. The summed E-state index contributed by atoms with van der Waals surface area (Å²) in [6, 6.07) is 15.8. The first-order valence-corrected chi connectivity index (χ1v) is 13.6. The second-order valence-corrected chi connectivity index (χ2v) is 10.7. The molecule has 0 aliphatic rings. The van der Waals surface area contributed by atoms with Gasteiger partial charge in [-0.1, -0.05) is 56.6 Å². The van der Waals surface area contributed by atoms with E-state index < -0.39 is 10.8 Å². The van der Waals surface area contributed by atoms with Crippen LogP contribution in [0.4, 0.5) is 5.69 Å². The van der Waals surface area contributed by atoms with Crippen LogP contribution in [0.15, 0.2) is 60.8 Å². The predicted octanol–water partition coefficient (Wildman–Crippen LogP) is 6.33. The number of rotatable bonds is 12. The molecule has 0 fully saturated rings. The Morgan fingerprint density at radius 2 is 1.79 bits per heavy atom. The number of carbonyl (C=O) groups is 2. The van der Waals surface area contributed by atoms with Gasteiger partial charge in [0.25, 0.3) is 11.6 Å². The topological polar surface area (TPSA) is 88.7 Å². The summed E-state index contributed by atoms with van der Waals surface area (Å²) in [7, 11) is 0. The molecular formula is C30H37ClN4O4. The molecule has 0 aliphatic carbocycles. The molecule has 208 valence electrons. The van der Waals surface area contributed by atoms with Gasteiger partial charge in [-0.3, -0.25) is 19.7 Å². The molecule has 0 radical (unpaired) electrons. The van der Waals surface area contributed by atoms with Crippen LogP contribution >= 0.6 is 11.6 Å². The molecule has 1 heterocycles. The van der Waals surface area contributed by atoms with Gasteiger partial charge in [0.2, 0.25) is 5.91 Å². The Bertz CT molecular complexity index is 1320. The minimum absolute atomic E-state index is 0.114. The average molecular weight is 553 g/mol.